The first-order valence-corrected chi connectivity index (χ1v) is 5.99. The summed E-state index contributed by atoms with van der Waals surface area (Å²) < 4.78 is 6.35. The molecule has 2 unspecified atom stereocenters. The molecule has 14 heavy (non-hydrogen) atoms. The molecule has 0 bridgehead atoms. The van der Waals surface area contributed by atoms with Crippen LogP contribution in [0.3, 0.4) is 0 Å². The third-order valence-corrected chi connectivity index (χ3v) is 4.17. The van der Waals surface area contributed by atoms with Crippen LogP contribution in [0.25, 0.3) is 0 Å². The molecular formula is C12H23NO. The third kappa shape index (κ3) is 1.70. The second-order valence-electron chi connectivity index (χ2n) is 5.45. The maximum Gasteiger partial charge on any atom is 0.0814 e. The summed E-state index contributed by atoms with van der Waals surface area (Å²) in [4.78, 5) is 0. The van der Waals surface area contributed by atoms with Crippen molar-refractivity contribution in [2.24, 2.45) is 5.92 Å². The molecule has 2 heteroatoms. The quantitative estimate of drug-likeness (QED) is 0.733. The van der Waals surface area contributed by atoms with Crippen LogP contribution in [0.2, 0.25) is 0 Å². The molecule has 0 radical (unpaired) electrons. The van der Waals surface area contributed by atoms with E-state index in [0.29, 0.717) is 0 Å². The summed E-state index contributed by atoms with van der Waals surface area (Å²) in [6, 6.07) is 0. The van der Waals surface area contributed by atoms with Crippen LogP contribution in [0.1, 0.15) is 46.5 Å². The predicted octanol–water partition coefficient (Wildman–Crippen LogP) is 2.33. The molecule has 2 fully saturated rings. The fourth-order valence-electron chi connectivity index (χ4n) is 2.65. The van der Waals surface area contributed by atoms with Crippen molar-refractivity contribution in [2.75, 3.05) is 13.1 Å². The zero-order valence-corrected chi connectivity index (χ0v) is 9.73. The van der Waals surface area contributed by atoms with Gasteiger partial charge < -0.3 is 10.1 Å². The largest absolute Gasteiger partial charge is 0.366 e. The van der Waals surface area contributed by atoms with Crippen LogP contribution >= 0.6 is 0 Å². The Kier molecular flexibility index (Phi) is 2.61. The summed E-state index contributed by atoms with van der Waals surface area (Å²) in [6.07, 6.45) is 5.21. The first kappa shape index (κ1) is 10.4. The van der Waals surface area contributed by atoms with Gasteiger partial charge >= 0.3 is 0 Å². The third-order valence-electron chi connectivity index (χ3n) is 4.17. The molecular weight excluding hydrogens is 174 g/mol. The topological polar surface area (TPSA) is 21.3 Å². The van der Waals surface area contributed by atoms with Crippen molar-refractivity contribution in [3.05, 3.63) is 0 Å². The average Bonchev–Trinajstić information content (AvgIpc) is 1.99. The van der Waals surface area contributed by atoms with Gasteiger partial charge in [-0.2, -0.15) is 0 Å². The fraction of sp³-hybridized carbons (Fsp3) is 1.00. The van der Waals surface area contributed by atoms with Gasteiger partial charge in [-0.25, -0.2) is 0 Å². The van der Waals surface area contributed by atoms with Gasteiger partial charge in [-0.1, -0.05) is 13.3 Å². The van der Waals surface area contributed by atoms with E-state index in [4.69, 9.17) is 4.74 Å². The van der Waals surface area contributed by atoms with Crippen LogP contribution in [0.15, 0.2) is 0 Å². The second kappa shape index (κ2) is 3.49. The van der Waals surface area contributed by atoms with Crippen LogP contribution in [0.4, 0.5) is 0 Å². The summed E-state index contributed by atoms with van der Waals surface area (Å²) in [5.41, 5.74) is 0.157. The van der Waals surface area contributed by atoms with Gasteiger partial charge in [0.2, 0.25) is 0 Å². The standard InChI is InChI=1S/C12H23NO/c1-4-11(2)8-13-9-12(3,14-11)10-6-5-7-10/h10,13H,4-9H2,1-3H3. The Morgan fingerprint density at radius 2 is 2.00 bits per heavy atom. The van der Waals surface area contributed by atoms with Crippen molar-refractivity contribution < 1.29 is 4.74 Å². The summed E-state index contributed by atoms with van der Waals surface area (Å²) >= 11 is 0. The normalized spacial score (nSPS) is 44.8. The van der Waals surface area contributed by atoms with Gasteiger partial charge in [-0.3, -0.25) is 0 Å². The Hall–Kier alpha value is -0.0800. The Morgan fingerprint density at radius 3 is 2.50 bits per heavy atom. The molecule has 2 atom stereocenters. The van der Waals surface area contributed by atoms with Gasteiger partial charge in [-0.15, -0.1) is 0 Å². The van der Waals surface area contributed by atoms with E-state index in [9.17, 15) is 0 Å². The van der Waals surface area contributed by atoms with Gasteiger partial charge in [0.25, 0.3) is 0 Å². The molecule has 2 rings (SSSR count). The monoisotopic (exact) mass is 197 g/mol. The van der Waals surface area contributed by atoms with Crippen molar-refractivity contribution in [1.29, 1.82) is 0 Å². The number of nitrogens with one attached hydrogen (secondary N) is 1. The molecule has 1 N–H and O–H groups in total. The zero-order valence-electron chi connectivity index (χ0n) is 9.73. The minimum absolute atomic E-state index is 0.0581. The molecule has 2 aliphatic rings. The van der Waals surface area contributed by atoms with E-state index in [1.54, 1.807) is 0 Å². The summed E-state index contributed by atoms with van der Waals surface area (Å²) in [6.45, 7) is 8.78. The number of hydrogen-bond acceptors (Lipinski definition) is 2. The lowest BCUT2D eigenvalue weighted by Crippen LogP contribution is -2.61. The summed E-state index contributed by atoms with van der Waals surface area (Å²) in [5.74, 6) is 0.793. The molecule has 1 saturated heterocycles. The van der Waals surface area contributed by atoms with Crippen LogP contribution in [0, 0.1) is 5.92 Å². The van der Waals surface area contributed by atoms with Crippen molar-refractivity contribution in [3.63, 3.8) is 0 Å². The van der Waals surface area contributed by atoms with Crippen molar-refractivity contribution >= 4 is 0 Å². The second-order valence-corrected chi connectivity index (χ2v) is 5.45. The minimum atomic E-state index is 0.0581. The van der Waals surface area contributed by atoms with E-state index in [0.717, 1.165) is 25.4 Å². The lowest BCUT2D eigenvalue weighted by Gasteiger charge is -2.51. The van der Waals surface area contributed by atoms with E-state index < -0.39 is 0 Å². The SMILES string of the molecule is CCC1(C)CNCC(C)(C2CCC2)O1. The number of ether oxygens (including phenoxy) is 1. The van der Waals surface area contributed by atoms with Gasteiger partial charge in [0.1, 0.15) is 0 Å². The first-order chi connectivity index (χ1) is 6.58. The Bertz CT molecular complexity index is 214. The van der Waals surface area contributed by atoms with E-state index in [1.807, 2.05) is 0 Å². The number of rotatable bonds is 2. The number of hydrogen-bond donors (Lipinski definition) is 1. The maximum absolute atomic E-state index is 6.35. The Labute approximate surface area is 87.4 Å². The highest BCUT2D eigenvalue weighted by Crippen LogP contribution is 2.42. The van der Waals surface area contributed by atoms with Crippen molar-refractivity contribution in [2.45, 2.75) is 57.7 Å². The molecule has 0 aromatic rings. The molecule has 0 aromatic carbocycles. The molecule has 1 aliphatic heterocycles. The molecule has 82 valence electrons. The maximum atomic E-state index is 6.35. The van der Waals surface area contributed by atoms with Gasteiger partial charge in [0, 0.05) is 13.1 Å². The fourth-order valence-corrected chi connectivity index (χ4v) is 2.65. The smallest absolute Gasteiger partial charge is 0.0814 e. The molecule has 1 saturated carbocycles. The first-order valence-electron chi connectivity index (χ1n) is 5.99. The van der Waals surface area contributed by atoms with Crippen molar-refractivity contribution in [1.82, 2.24) is 5.32 Å². The van der Waals surface area contributed by atoms with E-state index in [1.165, 1.54) is 19.3 Å². The molecule has 1 aliphatic carbocycles. The predicted molar refractivity (Wildman–Crippen MR) is 58.4 cm³/mol. The Morgan fingerprint density at radius 1 is 1.29 bits per heavy atom. The zero-order chi connectivity index (χ0) is 10.2. The number of morpholine rings is 1. The minimum Gasteiger partial charge on any atom is -0.366 e. The molecule has 1 heterocycles. The van der Waals surface area contributed by atoms with Crippen LogP contribution in [-0.4, -0.2) is 24.3 Å². The highest BCUT2D eigenvalue weighted by atomic mass is 16.5. The average molecular weight is 197 g/mol. The van der Waals surface area contributed by atoms with Gasteiger partial charge in [0.15, 0.2) is 0 Å². The van der Waals surface area contributed by atoms with Crippen molar-refractivity contribution in [3.8, 4) is 0 Å². The molecule has 0 spiro atoms. The van der Waals surface area contributed by atoms with Crippen LogP contribution in [0.5, 0.6) is 0 Å². The molecule has 0 aromatic heterocycles. The summed E-state index contributed by atoms with van der Waals surface area (Å²) in [5, 5.41) is 3.54. The van der Waals surface area contributed by atoms with E-state index in [-0.39, 0.29) is 11.2 Å². The Balaban J connectivity index is 2.04. The van der Waals surface area contributed by atoms with Crippen LogP contribution in [-0.2, 0) is 4.74 Å². The van der Waals surface area contributed by atoms with E-state index >= 15 is 0 Å². The van der Waals surface area contributed by atoms with Gasteiger partial charge in [-0.05, 0) is 39.0 Å². The highest BCUT2D eigenvalue weighted by molar-refractivity contribution is 4.97. The molecule has 2 nitrogen and oxygen atoms in total. The van der Waals surface area contributed by atoms with Gasteiger partial charge in [0.05, 0.1) is 11.2 Å². The lowest BCUT2D eigenvalue weighted by molar-refractivity contribution is -0.198. The van der Waals surface area contributed by atoms with E-state index in [2.05, 4.69) is 26.1 Å². The van der Waals surface area contributed by atoms with Crippen LogP contribution < -0.4 is 5.32 Å². The summed E-state index contributed by atoms with van der Waals surface area (Å²) in [7, 11) is 0. The molecule has 0 amide bonds. The highest BCUT2D eigenvalue weighted by Gasteiger charge is 2.45. The lowest BCUT2D eigenvalue weighted by atomic mass is 9.72.